The van der Waals surface area contributed by atoms with E-state index in [4.69, 9.17) is 9.47 Å². The van der Waals surface area contributed by atoms with E-state index in [0.29, 0.717) is 5.92 Å². The number of methoxy groups -OCH3 is 1. The summed E-state index contributed by atoms with van der Waals surface area (Å²) in [5.41, 5.74) is 1.05. The molecule has 3 nitrogen and oxygen atoms in total. The first kappa shape index (κ1) is 13.8. The third-order valence-corrected chi connectivity index (χ3v) is 2.34. The first-order chi connectivity index (χ1) is 8.13. The highest BCUT2D eigenvalue weighted by atomic mass is 16.5. The Balaban J connectivity index is 2.57. The van der Waals surface area contributed by atoms with Crippen molar-refractivity contribution in [1.82, 2.24) is 0 Å². The van der Waals surface area contributed by atoms with Gasteiger partial charge < -0.3 is 14.8 Å². The summed E-state index contributed by atoms with van der Waals surface area (Å²) in [4.78, 5) is 0. The van der Waals surface area contributed by atoms with Crippen LogP contribution in [0.4, 0.5) is 5.69 Å². The minimum atomic E-state index is 0.189. The molecule has 1 aromatic rings. The predicted octanol–water partition coefficient (Wildman–Crippen LogP) is 3.17. The zero-order valence-electron chi connectivity index (χ0n) is 11.2. The summed E-state index contributed by atoms with van der Waals surface area (Å²) in [6.07, 6.45) is 0.189. The summed E-state index contributed by atoms with van der Waals surface area (Å²) in [6.45, 7) is 7.86. The molecule has 0 aliphatic carbocycles. The summed E-state index contributed by atoms with van der Waals surface area (Å²) in [7, 11) is 1.73. The lowest BCUT2D eigenvalue weighted by atomic mass is 10.2. The average Bonchev–Trinajstić information content (AvgIpc) is 2.27. The number of benzene rings is 1. The van der Waals surface area contributed by atoms with Crippen LogP contribution >= 0.6 is 0 Å². The Morgan fingerprint density at radius 1 is 1.18 bits per heavy atom. The summed E-state index contributed by atoms with van der Waals surface area (Å²) < 4.78 is 10.9. The van der Waals surface area contributed by atoms with Crippen LogP contribution in [0, 0.1) is 5.92 Å². The van der Waals surface area contributed by atoms with E-state index in [1.807, 2.05) is 38.1 Å². The first-order valence-electron chi connectivity index (χ1n) is 6.12. The maximum Gasteiger partial charge on any atom is 0.142 e. The molecule has 17 heavy (non-hydrogen) atoms. The number of anilines is 1. The van der Waals surface area contributed by atoms with Crippen LogP contribution < -0.4 is 10.1 Å². The second-order valence-corrected chi connectivity index (χ2v) is 4.60. The van der Waals surface area contributed by atoms with Crippen LogP contribution in [0.5, 0.6) is 5.75 Å². The molecule has 0 aromatic heterocycles. The lowest BCUT2D eigenvalue weighted by molar-refractivity contribution is 0.164. The van der Waals surface area contributed by atoms with Crippen molar-refractivity contribution in [2.45, 2.75) is 26.9 Å². The molecular weight excluding hydrogens is 214 g/mol. The third-order valence-electron chi connectivity index (χ3n) is 2.34. The molecule has 1 N–H and O–H groups in total. The van der Waals surface area contributed by atoms with Crippen molar-refractivity contribution in [3.63, 3.8) is 0 Å². The van der Waals surface area contributed by atoms with E-state index in [1.165, 1.54) is 0 Å². The number of hydrogen-bond donors (Lipinski definition) is 1. The zero-order valence-corrected chi connectivity index (χ0v) is 11.2. The van der Waals surface area contributed by atoms with Gasteiger partial charge in [0, 0.05) is 13.7 Å². The number of para-hydroxylation sites is 2. The van der Waals surface area contributed by atoms with Gasteiger partial charge in [-0.1, -0.05) is 19.1 Å². The topological polar surface area (TPSA) is 30.5 Å². The molecule has 1 unspecified atom stereocenters. The van der Waals surface area contributed by atoms with E-state index in [0.717, 1.165) is 24.6 Å². The minimum Gasteiger partial charge on any atom is -0.489 e. The van der Waals surface area contributed by atoms with E-state index in [1.54, 1.807) is 7.11 Å². The Morgan fingerprint density at radius 2 is 1.88 bits per heavy atom. The smallest absolute Gasteiger partial charge is 0.142 e. The maximum absolute atomic E-state index is 5.74. The first-order valence-corrected chi connectivity index (χ1v) is 6.12. The van der Waals surface area contributed by atoms with E-state index in [9.17, 15) is 0 Å². The van der Waals surface area contributed by atoms with Crippen molar-refractivity contribution in [3.8, 4) is 5.75 Å². The fourth-order valence-electron chi connectivity index (χ4n) is 1.60. The van der Waals surface area contributed by atoms with Crippen molar-refractivity contribution in [2.24, 2.45) is 5.92 Å². The van der Waals surface area contributed by atoms with Gasteiger partial charge in [-0.3, -0.25) is 0 Å². The number of hydrogen-bond acceptors (Lipinski definition) is 3. The second kappa shape index (κ2) is 7.17. The van der Waals surface area contributed by atoms with Gasteiger partial charge >= 0.3 is 0 Å². The Kier molecular flexibility index (Phi) is 5.84. The molecule has 0 aliphatic rings. The normalized spacial score (nSPS) is 12.5. The van der Waals surface area contributed by atoms with Gasteiger partial charge in [-0.15, -0.1) is 0 Å². The Hall–Kier alpha value is -1.22. The number of nitrogens with one attached hydrogen (secondary N) is 1. The molecule has 0 radical (unpaired) electrons. The van der Waals surface area contributed by atoms with Crippen molar-refractivity contribution < 1.29 is 9.47 Å². The molecule has 1 atom stereocenters. The van der Waals surface area contributed by atoms with Gasteiger partial charge in [0.15, 0.2) is 0 Å². The molecule has 0 aliphatic heterocycles. The van der Waals surface area contributed by atoms with Crippen molar-refractivity contribution in [3.05, 3.63) is 24.3 Å². The lowest BCUT2D eigenvalue weighted by Crippen LogP contribution is -2.16. The Bertz CT molecular complexity index is 326. The van der Waals surface area contributed by atoms with Crippen LogP contribution in [-0.4, -0.2) is 26.4 Å². The van der Waals surface area contributed by atoms with Crippen molar-refractivity contribution in [2.75, 3.05) is 25.6 Å². The number of rotatable bonds is 7. The molecule has 1 rings (SSSR count). The van der Waals surface area contributed by atoms with Crippen molar-refractivity contribution >= 4 is 5.69 Å². The molecule has 0 heterocycles. The zero-order chi connectivity index (χ0) is 12.7. The van der Waals surface area contributed by atoms with Gasteiger partial charge in [0.1, 0.15) is 5.75 Å². The molecule has 96 valence electrons. The van der Waals surface area contributed by atoms with Crippen LogP contribution in [-0.2, 0) is 4.74 Å². The SMILES string of the molecule is COCC(C)CNc1ccccc1OC(C)C. The van der Waals surface area contributed by atoms with Gasteiger partial charge in [-0.25, -0.2) is 0 Å². The van der Waals surface area contributed by atoms with Crippen LogP contribution in [0.2, 0.25) is 0 Å². The summed E-state index contributed by atoms with van der Waals surface area (Å²) >= 11 is 0. The monoisotopic (exact) mass is 237 g/mol. The largest absolute Gasteiger partial charge is 0.489 e. The average molecular weight is 237 g/mol. The summed E-state index contributed by atoms with van der Waals surface area (Å²) in [6, 6.07) is 8.03. The quantitative estimate of drug-likeness (QED) is 0.790. The highest BCUT2D eigenvalue weighted by Gasteiger charge is 2.06. The summed E-state index contributed by atoms with van der Waals surface area (Å²) in [5, 5.41) is 3.40. The predicted molar refractivity (Wildman–Crippen MR) is 71.7 cm³/mol. The Morgan fingerprint density at radius 3 is 2.53 bits per heavy atom. The molecular formula is C14H23NO2. The van der Waals surface area contributed by atoms with Gasteiger partial charge in [-0.2, -0.15) is 0 Å². The molecule has 0 spiro atoms. The minimum absolute atomic E-state index is 0.189. The van der Waals surface area contributed by atoms with E-state index < -0.39 is 0 Å². The van der Waals surface area contributed by atoms with Gasteiger partial charge in [0.25, 0.3) is 0 Å². The van der Waals surface area contributed by atoms with E-state index in [-0.39, 0.29) is 6.10 Å². The third kappa shape index (κ3) is 5.09. The highest BCUT2D eigenvalue weighted by Crippen LogP contribution is 2.24. The van der Waals surface area contributed by atoms with Crippen molar-refractivity contribution in [1.29, 1.82) is 0 Å². The summed E-state index contributed by atoms with van der Waals surface area (Å²) in [5.74, 6) is 1.39. The molecule has 0 saturated heterocycles. The molecule has 0 amide bonds. The Labute approximate surface area is 104 Å². The van der Waals surface area contributed by atoms with E-state index >= 15 is 0 Å². The van der Waals surface area contributed by atoms with E-state index in [2.05, 4.69) is 12.2 Å². The van der Waals surface area contributed by atoms with Gasteiger partial charge in [0.2, 0.25) is 0 Å². The van der Waals surface area contributed by atoms with Gasteiger partial charge in [0.05, 0.1) is 18.4 Å². The molecule has 0 bridgehead atoms. The highest BCUT2D eigenvalue weighted by molar-refractivity contribution is 5.56. The molecule has 0 saturated carbocycles. The lowest BCUT2D eigenvalue weighted by Gasteiger charge is -2.17. The van der Waals surface area contributed by atoms with Gasteiger partial charge in [-0.05, 0) is 31.9 Å². The van der Waals surface area contributed by atoms with Crippen LogP contribution in [0.1, 0.15) is 20.8 Å². The molecule has 0 fully saturated rings. The second-order valence-electron chi connectivity index (χ2n) is 4.60. The number of ether oxygens (including phenoxy) is 2. The van der Waals surface area contributed by atoms with Crippen LogP contribution in [0.3, 0.4) is 0 Å². The fourth-order valence-corrected chi connectivity index (χ4v) is 1.60. The molecule has 1 aromatic carbocycles. The molecule has 3 heteroatoms. The van der Waals surface area contributed by atoms with Crippen LogP contribution in [0.25, 0.3) is 0 Å². The maximum atomic E-state index is 5.74. The van der Waals surface area contributed by atoms with Crippen LogP contribution in [0.15, 0.2) is 24.3 Å². The standard InChI is InChI=1S/C14H23NO2/c1-11(2)17-14-8-6-5-7-13(14)15-9-12(3)10-16-4/h5-8,11-12,15H,9-10H2,1-4H3. The fraction of sp³-hybridized carbons (Fsp3) is 0.571.